The molecule has 0 aliphatic carbocycles. The van der Waals surface area contributed by atoms with Gasteiger partial charge in [-0.15, -0.1) is 11.6 Å². The summed E-state index contributed by atoms with van der Waals surface area (Å²) in [7, 11) is 0. The van der Waals surface area contributed by atoms with E-state index in [-0.39, 0.29) is 23.7 Å². The Morgan fingerprint density at radius 2 is 1.96 bits per heavy atom. The topological polar surface area (TPSA) is 61.4 Å². The van der Waals surface area contributed by atoms with Gasteiger partial charge in [-0.25, -0.2) is 0 Å². The van der Waals surface area contributed by atoms with E-state index < -0.39 is 0 Å². The molecule has 2 amide bonds. The molecule has 24 heavy (non-hydrogen) atoms. The quantitative estimate of drug-likeness (QED) is 0.772. The summed E-state index contributed by atoms with van der Waals surface area (Å²) in [6.45, 7) is 5.93. The van der Waals surface area contributed by atoms with Crippen molar-refractivity contribution in [2.45, 2.75) is 45.6 Å². The third-order valence-electron chi connectivity index (χ3n) is 4.33. The number of piperidine rings is 1. The number of hydrogen-bond acceptors (Lipinski definition) is 3. The maximum atomic E-state index is 12.7. The second-order valence-corrected chi connectivity index (χ2v) is 6.51. The lowest BCUT2D eigenvalue weighted by Crippen LogP contribution is -2.35. The van der Waals surface area contributed by atoms with Crippen molar-refractivity contribution in [2.75, 3.05) is 29.2 Å². The molecule has 1 aromatic rings. The van der Waals surface area contributed by atoms with Crippen LogP contribution in [-0.2, 0) is 4.79 Å². The van der Waals surface area contributed by atoms with E-state index in [1.807, 2.05) is 26.0 Å². The van der Waals surface area contributed by atoms with Crippen LogP contribution in [0.2, 0.25) is 0 Å². The first-order valence-electron chi connectivity index (χ1n) is 8.60. The van der Waals surface area contributed by atoms with E-state index >= 15 is 0 Å². The van der Waals surface area contributed by atoms with Crippen LogP contribution >= 0.6 is 11.6 Å². The van der Waals surface area contributed by atoms with Gasteiger partial charge >= 0.3 is 0 Å². The molecule has 1 fully saturated rings. The van der Waals surface area contributed by atoms with Gasteiger partial charge in [0.25, 0.3) is 5.91 Å². The minimum Gasteiger partial charge on any atom is -0.371 e. The van der Waals surface area contributed by atoms with Crippen LogP contribution in [-0.4, -0.2) is 36.8 Å². The van der Waals surface area contributed by atoms with E-state index in [4.69, 9.17) is 11.6 Å². The number of carbonyl (C=O) groups is 2. The number of hydrogen-bond donors (Lipinski definition) is 2. The fourth-order valence-electron chi connectivity index (χ4n) is 2.80. The van der Waals surface area contributed by atoms with Crippen molar-refractivity contribution < 1.29 is 9.59 Å². The summed E-state index contributed by atoms with van der Waals surface area (Å²) in [5.41, 5.74) is 2.12. The van der Waals surface area contributed by atoms with E-state index in [2.05, 4.69) is 15.5 Å². The summed E-state index contributed by atoms with van der Waals surface area (Å²) in [5.74, 6) is -0.495. The lowest BCUT2D eigenvalue weighted by atomic mass is 10.1. The van der Waals surface area contributed by atoms with Crippen LogP contribution in [0.3, 0.4) is 0 Å². The summed E-state index contributed by atoms with van der Waals surface area (Å²) >= 11 is 5.55. The smallest absolute Gasteiger partial charge is 0.253 e. The van der Waals surface area contributed by atoms with Crippen molar-refractivity contribution in [3.8, 4) is 0 Å². The second-order valence-electron chi connectivity index (χ2n) is 6.24. The summed E-state index contributed by atoms with van der Waals surface area (Å²) in [5, 5.41) is 5.73. The Balaban J connectivity index is 2.30. The zero-order chi connectivity index (χ0) is 17.5. The third kappa shape index (κ3) is 4.87. The van der Waals surface area contributed by atoms with Crippen LogP contribution in [0, 0.1) is 0 Å². The molecular weight excluding hydrogens is 326 g/mol. The molecule has 0 aromatic heterocycles. The Bertz CT molecular complexity index is 586. The predicted octanol–water partition coefficient (Wildman–Crippen LogP) is 3.38. The van der Waals surface area contributed by atoms with Gasteiger partial charge in [-0.3, -0.25) is 9.59 Å². The lowest BCUT2D eigenvalue weighted by Gasteiger charge is -2.30. The second kappa shape index (κ2) is 8.92. The minimum atomic E-state index is -0.282. The van der Waals surface area contributed by atoms with Crippen LogP contribution in [0.1, 0.15) is 49.9 Å². The fraction of sp³-hybridized carbons (Fsp3) is 0.556. The van der Waals surface area contributed by atoms with Crippen molar-refractivity contribution >= 4 is 34.8 Å². The van der Waals surface area contributed by atoms with E-state index in [1.54, 1.807) is 6.07 Å². The van der Waals surface area contributed by atoms with E-state index in [0.717, 1.165) is 38.0 Å². The molecule has 5 nitrogen and oxygen atoms in total. The highest BCUT2D eigenvalue weighted by molar-refractivity contribution is 6.29. The van der Waals surface area contributed by atoms with Gasteiger partial charge in [-0.2, -0.15) is 0 Å². The Kier molecular flexibility index (Phi) is 6.91. The molecule has 2 N–H and O–H groups in total. The van der Waals surface area contributed by atoms with Crippen molar-refractivity contribution in [2.24, 2.45) is 0 Å². The predicted molar refractivity (Wildman–Crippen MR) is 99.1 cm³/mol. The molecule has 1 aliphatic rings. The van der Waals surface area contributed by atoms with E-state index in [1.165, 1.54) is 6.42 Å². The number of carbonyl (C=O) groups excluding carboxylic acids is 2. The molecule has 1 unspecified atom stereocenters. The zero-order valence-electron chi connectivity index (χ0n) is 14.4. The molecule has 6 heteroatoms. The largest absolute Gasteiger partial charge is 0.371 e. The molecule has 1 aromatic carbocycles. The van der Waals surface area contributed by atoms with Gasteiger partial charge in [0.05, 0.1) is 5.56 Å². The average Bonchev–Trinajstić information content (AvgIpc) is 2.62. The number of anilines is 2. The van der Waals surface area contributed by atoms with Crippen molar-refractivity contribution in [3.63, 3.8) is 0 Å². The molecule has 0 radical (unpaired) electrons. The van der Waals surface area contributed by atoms with Gasteiger partial charge in [0, 0.05) is 30.5 Å². The number of amides is 2. The highest BCUT2D eigenvalue weighted by atomic mass is 35.5. The summed E-state index contributed by atoms with van der Waals surface area (Å²) in [6, 6.07) is 5.59. The maximum Gasteiger partial charge on any atom is 0.253 e. The molecule has 0 saturated carbocycles. The Morgan fingerprint density at radius 1 is 1.25 bits per heavy atom. The minimum absolute atomic E-state index is 0.104. The highest BCUT2D eigenvalue weighted by Crippen LogP contribution is 2.27. The lowest BCUT2D eigenvalue weighted by molar-refractivity contribution is -0.113. The number of nitrogens with zero attached hydrogens (tertiary/aromatic N) is 1. The Hall–Kier alpha value is -1.75. The van der Waals surface area contributed by atoms with Gasteiger partial charge in [-0.05, 0) is 50.8 Å². The fourth-order valence-corrected chi connectivity index (χ4v) is 2.87. The molecule has 132 valence electrons. The molecule has 1 aliphatic heterocycles. The first-order chi connectivity index (χ1) is 11.5. The number of rotatable bonds is 6. The number of benzene rings is 1. The molecule has 1 atom stereocenters. The molecule has 2 rings (SSSR count). The Labute approximate surface area is 148 Å². The maximum absolute atomic E-state index is 12.7. The van der Waals surface area contributed by atoms with Crippen molar-refractivity contribution in [3.05, 3.63) is 23.8 Å². The number of halogens is 1. The van der Waals surface area contributed by atoms with E-state index in [9.17, 15) is 9.59 Å². The molecule has 1 heterocycles. The average molecular weight is 352 g/mol. The van der Waals surface area contributed by atoms with Crippen LogP contribution in [0.4, 0.5) is 11.4 Å². The van der Waals surface area contributed by atoms with E-state index in [0.29, 0.717) is 11.3 Å². The van der Waals surface area contributed by atoms with Gasteiger partial charge in [0.15, 0.2) is 0 Å². The summed E-state index contributed by atoms with van der Waals surface area (Å²) in [6.07, 6.45) is 4.37. The highest BCUT2D eigenvalue weighted by Gasteiger charge is 2.20. The third-order valence-corrected chi connectivity index (χ3v) is 4.58. The number of alkyl halides is 1. The monoisotopic (exact) mass is 351 g/mol. The number of nitrogens with one attached hydrogen (secondary N) is 2. The van der Waals surface area contributed by atoms with Gasteiger partial charge in [0.1, 0.15) is 5.88 Å². The summed E-state index contributed by atoms with van der Waals surface area (Å²) in [4.78, 5) is 26.5. The molecular formula is C18H26ClN3O2. The SMILES string of the molecule is CCC(C)NC(=O)c1cc(NC(=O)CCl)ccc1N1CCCCC1. The van der Waals surface area contributed by atoms with Crippen LogP contribution in [0.5, 0.6) is 0 Å². The normalized spacial score (nSPS) is 15.7. The standard InChI is InChI=1S/C18H26ClN3O2/c1-3-13(2)20-18(24)15-11-14(21-17(23)12-19)7-8-16(15)22-9-5-4-6-10-22/h7-8,11,13H,3-6,9-10,12H2,1-2H3,(H,20,24)(H,21,23). The molecule has 1 saturated heterocycles. The van der Waals surface area contributed by atoms with Crippen LogP contribution < -0.4 is 15.5 Å². The molecule has 0 spiro atoms. The molecule has 0 bridgehead atoms. The van der Waals surface area contributed by atoms with Crippen molar-refractivity contribution in [1.29, 1.82) is 0 Å². The van der Waals surface area contributed by atoms with Gasteiger partial charge in [-0.1, -0.05) is 6.92 Å². The van der Waals surface area contributed by atoms with Crippen LogP contribution in [0.25, 0.3) is 0 Å². The zero-order valence-corrected chi connectivity index (χ0v) is 15.2. The van der Waals surface area contributed by atoms with Crippen molar-refractivity contribution in [1.82, 2.24) is 5.32 Å². The van der Waals surface area contributed by atoms with Crippen LogP contribution in [0.15, 0.2) is 18.2 Å². The first-order valence-corrected chi connectivity index (χ1v) is 9.14. The van der Waals surface area contributed by atoms with Gasteiger partial charge in [0.2, 0.25) is 5.91 Å². The first kappa shape index (κ1) is 18.6. The van der Waals surface area contributed by atoms with Gasteiger partial charge < -0.3 is 15.5 Å². The summed E-state index contributed by atoms with van der Waals surface area (Å²) < 4.78 is 0. The Morgan fingerprint density at radius 3 is 2.58 bits per heavy atom.